The first kappa shape index (κ1) is 30.3. The lowest BCUT2D eigenvalue weighted by Gasteiger charge is -2.29. The fraction of sp³-hybridized carbons (Fsp3) is 0.371. The monoisotopic (exact) mass is 584 g/mol. The largest absolute Gasteiger partial charge is 0.507 e. The molecule has 2 aliphatic heterocycles. The highest BCUT2D eigenvalue weighted by atomic mass is 16.5. The molecule has 2 aliphatic rings. The molecular formula is C35H40N2O6. The number of aliphatic hydroxyl groups is 1. The predicted molar refractivity (Wildman–Crippen MR) is 165 cm³/mol. The number of likely N-dealkylation sites (tertiary alicyclic amines) is 1. The lowest BCUT2D eigenvalue weighted by Crippen LogP contribution is -2.38. The first-order valence-electron chi connectivity index (χ1n) is 15.0. The van der Waals surface area contributed by atoms with Crippen LogP contribution in [0.4, 0.5) is 0 Å². The number of aliphatic hydroxyl groups excluding tert-OH is 1. The summed E-state index contributed by atoms with van der Waals surface area (Å²) in [4.78, 5) is 30.7. The van der Waals surface area contributed by atoms with Gasteiger partial charge >= 0.3 is 0 Å². The van der Waals surface area contributed by atoms with Crippen LogP contribution in [0.5, 0.6) is 11.5 Å². The van der Waals surface area contributed by atoms with Gasteiger partial charge in [0.2, 0.25) is 0 Å². The summed E-state index contributed by atoms with van der Waals surface area (Å²) >= 11 is 0. The van der Waals surface area contributed by atoms with Crippen LogP contribution < -0.4 is 9.47 Å². The molecule has 1 amide bonds. The number of nitrogens with zero attached hydrogens (tertiary/aromatic N) is 2. The van der Waals surface area contributed by atoms with Gasteiger partial charge in [-0.05, 0) is 67.3 Å². The summed E-state index contributed by atoms with van der Waals surface area (Å²) < 4.78 is 17.1. The van der Waals surface area contributed by atoms with E-state index in [2.05, 4.69) is 11.0 Å². The molecule has 43 heavy (non-hydrogen) atoms. The summed E-state index contributed by atoms with van der Waals surface area (Å²) in [5, 5.41) is 11.5. The Morgan fingerprint density at radius 3 is 2.33 bits per heavy atom. The van der Waals surface area contributed by atoms with Crippen molar-refractivity contribution >= 4 is 17.4 Å². The zero-order chi connectivity index (χ0) is 30.2. The Morgan fingerprint density at radius 2 is 1.63 bits per heavy atom. The van der Waals surface area contributed by atoms with Crippen molar-refractivity contribution in [2.75, 3.05) is 46.0 Å². The number of Topliss-reactive ketones (excluding diaryl/α,β-unsaturated/α-hetero) is 1. The highest BCUT2D eigenvalue weighted by Gasteiger charge is 2.45. The fourth-order valence-electron chi connectivity index (χ4n) is 5.55. The summed E-state index contributed by atoms with van der Waals surface area (Å²) in [5.41, 5.74) is 3.51. The van der Waals surface area contributed by atoms with Crippen LogP contribution in [0, 0.1) is 6.92 Å². The standard InChI is InChI=1S/C35H40N2O6/c1-3-20-42-29-12-8-27(9-13-29)32-31(34(39)35(40)37(32)17-5-16-36-18-21-41-22-19-36)33(38)28-10-14-30(15-11-28)43-24-26-7-4-6-25(2)23-26/h4,6-15,23,32,38H,3,5,16-22,24H2,1-2H3/b33-31+. The molecule has 8 nitrogen and oxygen atoms in total. The van der Waals surface area contributed by atoms with Crippen LogP contribution in [-0.4, -0.2) is 72.6 Å². The van der Waals surface area contributed by atoms with Crippen molar-refractivity contribution in [1.29, 1.82) is 0 Å². The molecule has 3 aromatic carbocycles. The first-order chi connectivity index (χ1) is 20.9. The van der Waals surface area contributed by atoms with Crippen LogP contribution in [0.2, 0.25) is 0 Å². The van der Waals surface area contributed by atoms with Gasteiger partial charge < -0.3 is 24.2 Å². The van der Waals surface area contributed by atoms with Crippen LogP contribution in [0.15, 0.2) is 78.4 Å². The smallest absolute Gasteiger partial charge is 0.295 e. The first-order valence-corrected chi connectivity index (χ1v) is 15.0. The maximum atomic E-state index is 13.5. The Hall–Kier alpha value is -4.14. The van der Waals surface area contributed by atoms with E-state index in [4.69, 9.17) is 14.2 Å². The Balaban J connectivity index is 1.39. The van der Waals surface area contributed by atoms with Crippen molar-refractivity contribution < 1.29 is 28.9 Å². The van der Waals surface area contributed by atoms with Crippen molar-refractivity contribution in [2.45, 2.75) is 39.3 Å². The highest BCUT2D eigenvalue weighted by Crippen LogP contribution is 2.40. The van der Waals surface area contributed by atoms with Gasteiger partial charge in [-0.25, -0.2) is 0 Å². The maximum Gasteiger partial charge on any atom is 0.295 e. The number of rotatable bonds is 12. The zero-order valence-electron chi connectivity index (χ0n) is 25.0. The number of amides is 1. The molecule has 0 spiro atoms. The molecule has 2 fully saturated rings. The molecule has 0 aromatic heterocycles. The third-order valence-electron chi connectivity index (χ3n) is 7.80. The molecule has 5 rings (SSSR count). The summed E-state index contributed by atoms with van der Waals surface area (Å²) in [6.07, 6.45) is 1.59. The minimum Gasteiger partial charge on any atom is -0.507 e. The average molecular weight is 585 g/mol. The summed E-state index contributed by atoms with van der Waals surface area (Å²) in [6.45, 7) is 9.40. The number of ketones is 1. The molecular weight excluding hydrogens is 544 g/mol. The van der Waals surface area contributed by atoms with E-state index < -0.39 is 17.7 Å². The van der Waals surface area contributed by atoms with E-state index in [9.17, 15) is 14.7 Å². The second-order valence-electron chi connectivity index (χ2n) is 11.0. The Bertz CT molecular complexity index is 1430. The second-order valence-corrected chi connectivity index (χ2v) is 11.0. The summed E-state index contributed by atoms with van der Waals surface area (Å²) in [6, 6.07) is 21.8. The molecule has 1 atom stereocenters. The Kier molecular flexibility index (Phi) is 10.1. The van der Waals surface area contributed by atoms with Crippen molar-refractivity contribution in [3.05, 3.63) is 101 Å². The number of ether oxygens (including phenoxy) is 3. The highest BCUT2D eigenvalue weighted by molar-refractivity contribution is 6.46. The number of carbonyl (C=O) groups is 2. The molecule has 0 radical (unpaired) electrons. The molecule has 1 unspecified atom stereocenters. The average Bonchev–Trinajstić information content (AvgIpc) is 3.28. The van der Waals surface area contributed by atoms with Crippen LogP contribution in [0.1, 0.15) is 48.1 Å². The quantitative estimate of drug-likeness (QED) is 0.171. The van der Waals surface area contributed by atoms with Crippen molar-refractivity contribution in [3.8, 4) is 11.5 Å². The Morgan fingerprint density at radius 1 is 0.930 bits per heavy atom. The number of hydrogen-bond acceptors (Lipinski definition) is 7. The van der Waals surface area contributed by atoms with Gasteiger partial charge in [0, 0.05) is 31.7 Å². The maximum absolute atomic E-state index is 13.5. The van der Waals surface area contributed by atoms with E-state index in [-0.39, 0.29) is 11.3 Å². The molecule has 0 bridgehead atoms. The van der Waals surface area contributed by atoms with Gasteiger partial charge in [0.15, 0.2) is 0 Å². The second kappa shape index (κ2) is 14.4. The minimum atomic E-state index is -0.706. The van der Waals surface area contributed by atoms with Crippen LogP contribution in [-0.2, 0) is 20.9 Å². The van der Waals surface area contributed by atoms with Crippen molar-refractivity contribution in [2.24, 2.45) is 0 Å². The number of hydrogen-bond donors (Lipinski definition) is 1. The predicted octanol–water partition coefficient (Wildman–Crippen LogP) is 5.51. The number of morpholine rings is 1. The van der Waals surface area contributed by atoms with E-state index in [0.29, 0.717) is 50.7 Å². The molecule has 0 saturated carbocycles. The third kappa shape index (κ3) is 7.45. The summed E-state index contributed by atoms with van der Waals surface area (Å²) in [5.74, 6) is -0.120. The topological polar surface area (TPSA) is 88.5 Å². The lowest BCUT2D eigenvalue weighted by atomic mass is 9.95. The SMILES string of the molecule is CCCOc1ccc(C2/C(=C(\O)c3ccc(OCc4cccc(C)c4)cc3)C(=O)C(=O)N2CCCN2CCOCC2)cc1. The normalized spacial score (nSPS) is 18.7. The van der Waals surface area contributed by atoms with Gasteiger partial charge in [-0.15, -0.1) is 0 Å². The molecule has 2 heterocycles. The molecule has 8 heteroatoms. The number of benzene rings is 3. The van der Waals surface area contributed by atoms with Gasteiger partial charge in [-0.2, -0.15) is 0 Å². The van der Waals surface area contributed by atoms with Gasteiger partial charge in [0.1, 0.15) is 23.9 Å². The van der Waals surface area contributed by atoms with Crippen molar-refractivity contribution in [1.82, 2.24) is 9.80 Å². The van der Waals surface area contributed by atoms with E-state index in [0.717, 1.165) is 48.5 Å². The van der Waals surface area contributed by atoms with Crippen LogP contribution in [0.25, 0.3) is 5.76 Å². The molecule has 1 N–H and O–H groups in total. The van der Waals surface area contributed by atoms with E-state index >= 15 is 0 Å². The molecule has 226 valence electrons. The van der Waals surface area contributed by atoms with Gasteiger partial charge in [0.05, 0.1) is 31.4 Å². The van der Waals surface area contributed by atoms with Crippen molar-refractivity contribution in [3.63, 3.8) is 0 Å². The third-order valence-corrected chi connectivity index (χ3v) is 7.80. The van der Waals surface area contributed by atoms with Crippen LogP contribution in [0.3, 0.4) is 0 Å². The van der Waals surface area contributed by atoms with E-state index in [1.54, 1.807) is 29.2 Å². The van der Waals surface area contributed by atoms with E-state index in [1.807, 2.05) is 56.3 Å². The van der Waals surface area contributed by atoms with Gasteiger partial charge in [0.25, 0.3) is 11.7 Å². The number of aryl methyl sites for hydroxylation is 1. The zero-order valence-corrected chi connectivity index (χ0v) is 25.0. The molecule has 3 aromatic rings. The summed E-state index contributed by atoms with van der Waals surface area (Å²) in [7, 11) is 0. The van der Waals surface area contributed by atoms with Crippen LogP contribution >= 0.6 is 0 Å². The molecule has 0 aliphatic carbocycles. The van der Waals surface area contributed by atoms with Gasteiger partial charge in [-0.3, -0.25) is 14.5 Å². The number of carbonyl (C=O) groups excluding carboxylic acids is 2. The lowest BCUT2D eigenvalue weighted by molar-refractivity contribution is -0.140. The fourth-order valence-corrected chi connectivity index (χ4v) is 5.55. The Labute approximate surface area is 253 Å². The molecule has 2 saturated heterocycles. The van der Waals surface area contributed by atoms with E-state index in [1.165, 1.54) is 0 Å². The minimum absolute atomic E-state index is 0.0898. The van der Waals surface area contributed by atoms with Gasteiger partial charge in [-0.1, -0.05) is 48.9 Å².